The van der Waals surface area contributed by atoms with E-state index in [0.717, 1.165) is 5.03 Å². The summed E-state index contributed by atoms with van der Waals surface area (Å²) in [7, 11) is 0. The van der Waals surface area contributed by atoms with Gasteiger partial charge in [-0.2, -0.15) is 0 Å². The molecule has 0 saturated carbocycles. The van der Waals surface area contributed by atoms with Crippen molar-refractivity contribution in [3.63, 3.8) is 0 Å². The molecule has 0 fully saturated rings. The van der Waals surface area contributed by atoms with E-state index < -0.39 is 0 Å². The van der Waals surface area contributed by atoms with Gasteiger partial charge >= 0.3 is 0 Å². The third-order valence-electron chi connectivity index (χ3n) is 1.80. The van der Waals surface area contributed by atoms with Crippen molar-refractivity contribution in [2.24, 2.45) is 10.7 Å². The number of hydrogen-bond donors (Lipinski definition) is 1. The lowest BCUT2D eigenvalue weighted by Gasteiger charge is -2.20. The number of nitrogens with two attached hydrogens (primary N) is 1. The molecule has 2 N–H and O–H groups in total. The lowest BCUT2D eigenvalue weighted by atomic mass is 10.4. The zero-order chi connectivity index (χ0) is 8.60. The van der Waals surface area contributed by atoms with Gasteiger partial charge in [-0.05, 0) is 11.8 Å². The number of primary amides is 1. The molecular weight excluding hydrogens is 174 g/mol. The zero-order valence-corrected chi connectivity index (χ0v) is 7.12. The first-order valence-electron chi connectivity index (χ1n) is 3.48. The van der Waals surface area contributed by atoms with Crippen LogP contribution in [0.4, 0.5) is 0 Å². The first-order chi connectivity index (χ1) is 5.73. The van der Waals surface area contributed by atoms with E-state index in [4.69, 9.17) is 5.73 Å². The summed E-state index contributed by atoms with van der Waals surface area (Å²) in [6.07, 6.45) is 5.39. The van der Waals surface area contributed by atoms with Crippen LogP contribution < -0.4 is 5.73 Å². The van der Waals surface area contributed by atoms with Crippen LogP contribution >= 0.6 is 11.8 Å². The molecule has 1 unspecified atom stereocenters. The van der Waals surface area contributed by atoms with Crippen LogP contribution in [0.15, 0.2) is 27.8 Å². The van der Waals surface area contributed by atoms with Gasteiger partial charge in [0.15, 0.2) is 6.54 Å². The van der Waals surface area contributed by atoms with Crippen molar-refractivity contribution < 1.29 is 9.28 Å². The Morgan fingerprint density at radius 1 is 1.75 bits per heavy atom. The summed E-state index contributed by atoms with van der Waals surface area (Å²) in [4.78, 5) is 14.8. The molecule has 0 aromatic heterocycles. The van der Waals surface area contributed by atoms with Crippen LogP contribution in [0.25, 0.3) is 0 Å². The van der Waals surface area contributed by atoms with Crippen molar-refractivity contribution in [1.82, 2.24) is 0 Å². The first-order valence-corrected chi connectivity index (χ1v) is 4.36. The largest absolute Gasteiger partial charge is 0.365 e. The molecule has 0 aliphatic carbocycles. The lowest BCUT2D eigenvalue weighted by Crippen LogP contribution is -2.42. The van der Waals surface area contributed by atoms with Crippen LogP contribution in [0.5, 0.6) is 0 Å². The summed E-state index contributed by atoms with van der Waals surface area (Å²) in [6.45, 7) is 0.263. The number of fused-ring (bicyclic) bond motifs is 1. The van der Waals surface area contributed by atoms with Crippen molar-refractivity contribution in [3.8, 4) is 0 Å². The van der Waals surface area contributed by atoms with Crippen LogP contribution in [0.1, 0.15) is 0 Å². The van der Waals surface area contributed by atoms with E-state index >= 15 is 0 Å². The van der Waals surface area contributed by atoms with Gasteiger partial charge in [0.05, 0.1) is 0 Å². The minimum Gasteiger partial charge on any atom is -0.365 e. The fourth-order valence-electron chi connectivity index (χ4n) is 1.26. The normalized spacial score (nSPS) is 30.5. The maximum absolute atomic E-state index is 10.8. The molecule has 0 aromatic rings. The van der Waals surface area contributed by atoms with Crippen LogP contribution in [0, 0.1) is 0 Å². The summed E-state index contributed by atoms with van der Waals surface area (Å²) < 4.78 is 0.375. The van der Waals surface area contributed by atoms with Gasteiger partial charge in [-0.1, -0.05) is 0 Å². The molecule has 1 amide bonds. The molecule has 0 spiro atoms. The third kappa shape index (κ3) is 0.981. The molecular formula is C7H8N3OS+. The summed E-state index contributed by atoms with van der Waals surface area (Å²) in [5, 5.41) is 2.98. The van der Waals surface area contributed by atoms with Gasteiger partial charge in [0, 0.05) is 5.41 Å². The number of quaternary nitrogens is 1. The third-order valence-corrected chi connectivity index (χ3v) is 2.75. The van der Waals surface area contributed by atoms with Crippen molar-refractivity contribution >= 4 is 24.0 Å². The van der Waals surface area contributed by atoms with Gasteiger partial charge in [-0.15, -0.1) is 0 Å². The molecule has 2 rings (SSSR count). The highest BCUT2D eigenvalue weighted by Gasteiger charge is 2.38. The Kier molecular flexibility index (Phi) is 1.55. The summed E-state index contributed by atoms with van der Waals surface area (Å²) in [5.41, 5.74) is 5.14. The van der Waals surface area contributed by atoms with Crippen LogP contribution in [0.3, 0.4) is 0 Å². The van der Waals surface area contributed by atoms with Crippen molar-refractivity contribution in [1.29, 1.82) is 0 Å². The number of rotatable bonds is 2. The maximum Gasteiger partial charge on any atom is 0.274 e. The highest BCUT2D eigenvalue weighted by atomic mass is 32.2. The van der Waals surface area contributed by atoms with E-state index in [-0.39, 0.29) is 12.5 Å². The van der Waals surface area contributed by atoms with Crippen LogP contribution in [0.2, 0.25) is 0 Å². The molecule has 5 heteroatoms. The van der Waals surface area contributed by atoms with E-state index in [1.54, 1.807) is 24.3 Å². The van der Waals surface area contributed by atoms with E-state index in [0.29, 0.717) is 4.48 Å². The van der Waals surface area contributed by atoms with E-state index in [1.807, 2.05) is 11.6 Å². The highest BCUT2D eigenvalue weighted by Crippen LogP contribution is 2.37. The SMILES string of the molecule is NC(=O)C[N+]12C=CSC1=CN=C2. The van der Waals surface area contributed by atoms with Gasteiger partial charge in [0.25, 0.3) is 5.91 Å². The summed E-state index contributed by atoms with van der Waals surface area (Å²) in [6, 6.07) is 0. The molecule has 2 heterocycles. The fourth-order valence-corrected chi connectivity index (χ4v) is 2.17. The quantitative estimate of drug-likeness (QED) is 0.626. The summed E-state index contributed by atoms with van der Waals surface area (Å²) >= 11 is 1.57. The Balaban J connectivity index is 2.30. The standard InChI is InChI=1S/C7H7N3OS/c8-6(11)4-10-1-2-12-7(10)3-9-5-10/h1-3,5H,4H2,(H-,8,11)/p+1. The van der Waals surface area contributed by atoms with Gasteiger partial charge in [0.1, 0.15) is 12.4 Å². The van der Waals surface area contributed by atoms with Crippen LogP contribution in [-0.2, 0) is 4.79 Å². The molecule has 0 radical (unpaired) electrons. The fraction of sp³-hybridized carbons (Fsp3) is 0.143. The minimum absolute atomic E-state index is 0.263. The Morgan fingerprint density at radius 3 is 3.33 bits per heavy atom. The predicted octanol–water partition coefficient (Wildman–Crippen LogP) is 0.347. The second-order valence-electron chi connectivity index (χ2n) is 2.69. The van der Waals surface area contributed by atoms with Gasteiger partial charge in [0.2, 0.25) is 11.4 Å². The monoisotopic (exact) mass is 182 g/mol. The van der Waals surface area contributed by atoms with Gasteiger partial charge < -0.3 is 5.73 Å². The average Bonchev–Trinajstić information content (AvgIpc) is 2.42. The maximum atomic E-state index is 10.8. The van der Waals surface area contributed by atoms with E-state index in [2.05, 4.69) is 4.99 Å². The second-order valence-corrected chi connectivity index (χ2v) is 3.62. The molecule has 2 aliphatic heterocycles. The number of carbonyl (C=O) groups excluding carboxylic acids is 1. The van der Waals surface area contributed by atoms with E-state index in [1.165, 1.54) is 0 Å². The van der Waals surface area contributed by atoms with Gasteiger partial charge in [-0.3, -0.25) is 4.79 Å². The Hall–Kier alpha value is -1.07. The number of amides is 1. The van der Waals surface area contributed by atoms with E-state index in [9.17, 15) is 4.79 Å². The molecule has 1 atom stereocenters. The summed E-state index contributed by atoms with van der Waals surface area (Å²) in [5.74, 6) is -0.318. The second kappa shape index (κ2) is 2.46. The lowest BCUT2D eigenvalue weighted by molar-refractivity contribution is -0.715. The molecule has 0 bridgehead atoms. The van der Waals surface area contributed by atoms with Gasteiger partial charge in [-0.25, -0.2) is 9.48 Å². The van der Waals surface area contributed by atoms with Crippen molar-refractivity contribution in [2.75, 3.05) is 6.54 Å². The number of hydrogen-bond acceptors (Lipinski definition) is 3. The molecule has 12 heavy (non-hydrogen) atoms. The van der Waals surface area contributed by atoms with Crippen LogP contribution in [-0.4, -0.2) is 23.3 Å². The molecule has 4 nitrogen and oxygen atoms in total. The Labute approximate surface area is 74.0 Å². The molecule has 0 saturated heterocycles. The number of nitrogens with zero attached hydrogens (tertiary/aromatic N) is 2. The topological polar surface area (TPSA) is 55.5 Å². The molecule has 0 aromatic carbocycles. The average molecular weight is 182 g/mol. The zero-order valence-electron chi connectivity index (χ0n) is 6.30. The number of thioether (sulfide) groups is 1. The highest BCUT2D eigenvalue weighted by molar-refractivity contribution is 8.05. The number of aliphatic imine (C=N–C) groups is 1. The minimum atomic E-state index is -0.318. The first kappa shape index (κ1) is 7.57. The Morgan fingerprint density at radius 2 is 2.58 bits per heavy atom. The smallest absolute Gasteiger partial charge is 0.274 e. The predicted molar refractivity (Wildman–Crippen MR) is 47.6 cm³/mol. The number of carbonyl (C=O) groups is 1. The van der Waals surface area contributed by atoms with Crippen molar-refractivity contribution in [3.05, 3.63) is 22.8 Å². The van der Waals surface area contributed by atoms with Crippen molar-refractivity contribution in [2.45, 2.75) is 0 Å². The Bertz CT molecular complexity index is 321. The molecule has 2 aliphatic rings. The molecule has 62 valence electrons.